The SMILES string of the molecule is CCOC(=O)C[C@@H](C(=O)OCC)[C@@H](NC(=O)Cc1c(F)cccc1F)C(N)=O. The van der Waals surface area contributed by atoms with Gasteiger partial charge in [0.15, 0.2) is 0 Å². The molecule has 0 saturated heterocycles. The Morgan fingerprint density at radius 3 is 2.14 bits per heavy atom. The van der Waals surface area contributed by atoms with Gasteiger partial charge in [0.25, 0.3) is 0 Å². The first kappa shape index (κ1) is 23.0. The predicted molar refractivity (Wildman–Crippen MR) is 92.6 cm³/mol. The van der Waals surface area contributed by atoms with E-state index in [4.69, 9.17) is 15.2 Å². The lowest BCUT2D eigenvalue weighted by Crippen LogP contribution is -2.52. The maximum Gasteiger partial charge on any atom is 0.312 e. The van der Waals surface area contributed by atoms with E-state index < -0.39 is 65.8 Å². The molecule has 28 heavy (non-hydrogen) atoms. The third kappa shape index (κ3) is 6.60. The van der Waals surface area contributed by atoms with Crippen LogP contribution in [0, 0.1) is 17.6 Å². The number of esters is 2. The number of hydrogen-bond acceptors (Lipinski definition) is 6. The van der Waals surface area contributed by atoms with Gasteiger partial charge in [0, 0.05) is 5.56 Å². The number of primary amides is 1. The number of rotatable bonds is 10. The van der Waals surface area contributed by atoms with Crippen molar-refractivity contribution in [2.45, 2.75) is 32.7 Å². The molecule has 0 aliphatic heterocycles. The van der Waals surface area contributed by atoms with Crippen LogP contribution in [0.15, 0.2) is 18.2 Å². The minimum Gasteiger partial charge on any atom is -0.466 e. The van der Waals surface area contributed by atoms with Gasteiger partial charge in [0.05, 0.1) is 32.0 Å². The summed E-state index contributed by atoms with van der Waals surface area (Å²) in [6, 6.07) is 1.44. The van der Waals surface area contributed by atoms with Crippen LogP contribution in [0.3, 0.4) is 0 Å². The van der Waals surface area contributed by atoms with E-state index in [0.29, 0.717) is 0 Å². The van der Waals surface area contributed by atoms with Gasteiger partial charge < -0.3 is 20.5 Å². The first-order valence-electron chi connectivity index (χ1n) is 8.55. The van der Waals surface area contributed by atoms with Gasteiger partial charge >= 0.3 is 11.9 Å². The van der Waals surface area contributed by atoms with Crippen molar-refractivity contribution in [3.63, 3.8) is 0 Å². The van der Waals surface area contributed by atoms with Gasteiger partial charge in [0.2, 0.25) is 11.8 Å². The molecule has 0 bridgehead atoms. The van der Waals surface area contributed by atoms with Gasteiger partial charge in [-0.25, -0.2) is 8.78 Å². The van der Waals surface area contributed by atoms with E-state index in [0.717, 1.165) is 18.2 Å². The summed E-state index contributed by atoms with van der Waals surface area (Å²) in [6.07, 6.45) is -1.31. The Balaban J connectivity index is 3.02. The minimum absolute atomic E-state index is 0.0362. The van der Waals surface area contributed by atoms with E-state index in [2.05, 4.69) is 5.32 Å². The molecule has 1 aromatic rings. The lowest BCUT2D eigenvalue weighted by molar-refractivity contribution is -0.157. The van der Waals surface area contributed by atoms with Crippen LogP contribution in [0.2, 0.25) is 0 Å². The van der Waals surface area contributed by atoms with E-state index in [-0.39, 0.29) is 13.2 Å². The molecule has 3 N–H and O–H groups in total. The fraction of sp³-hybridized carbons (Fsp3) is 0.444. The second kappa shape index (κ2) is 11.0. The zero-order valence-corrected chi connectivity index (χ0v) is 15.5. The maximum atomic E-state index is 13.7. The molecule has 0 unspecified atom stereocenters. The Bertz CT molecular complexity index is 721. The summed E-state index contributed by atoms with van der Waals surface area (Å²) in [5, 5.41) is 2.15. The van der Waals surface area contributed by atoms with Crippen molar-refractivity contribution in [3.05, 3.63) is 35.4 Å². The van der Waals surface area contributed by atoms with Crippen LogP contribution in [-0.2, 0) is 35.1 Å². The molecule has 0 aliphatic rings. The van der Waals surface area contributed by atoms with Crippen molar-refractivity contribution in [2.24, 2.45) is 11.7 Å². The highest BCUT2D eigenvalue weighted by Gasteiger charge is 2.37. The number of benzene rings is 1. The Hall–Kier alpha value is -3.04. The van der Waals surface area contributed by atoms with Gasteiger partial charge in [-0.1, -0.05) is 6.07 Å². The van der Waals surface area contributed by atoms with Crippen molar-refractivity contribution in [2.75, 3.05) is 13.2 Å². The average molecular weight is 400 g/mol. The molecule has 0 aromatic heterocycles. The number of halogens is 2. The number of nitrogens with two attached hydrogens (primary N) is 1. The van der Waals surface area contributed by atoms with E-state index in [1.54, 1.807) is 6.92 Å². The van der Waals surface area contributed by atoms with Crippen molar-refractivity contribution in [3.8, 4) is 0 Å². The number of ether oxygens (including phenoxy) is 2. The second-order valence-electron chi connectivity index (χ2n) is 5.69. The number of carbonyl (C=O) groups is 4. The average Bonchev–Trinajstić information content (AvgIpc) is 2.61. The summed E-state index contributed by atoms with van der Waals surface area (Å²) in [7, 11) is 0. The smallest absolute Gasteiger partial charge is 0.312 e. The Labute approximate surface area is 160 Å². The van der Waals surface area contributed by atoms with Gasteiger partial charge in [-0.15, -0.1) is 0 Å². The Kier molecular flexibility index (Phi) is 9.00. The highest BCUT2D eigenvalue weighted by atomic mass is 19.1. The zero-order chi connectivity index (χ0) is 21.3. The second-order valence-corrected chi connectivity index (χ2v) is 5.69. The zero-order valence-electron chi connectivity index (χ0n) is 15.5. The molecule has 2 atom stereocenters. The van der Waals surface area contributed by atoms with Gasteiger partial charge in [0.1, 0.15) is 17.7 Å². The van der Waals surface area contributed by atoms with Crippen molar-refractivity contribution in [1.29, 1.82) is 0 Å². The molecule has 1 aromatic carbocycles. The fourth-order valence-electron chi connectivity index (χ4n) is 2.44. The third-order valence-corrected chi connectivity index (χ3v) is 3.71. The monoisotopic (exact) mass is 400 g/mol. The fourth-order valence-corrected chi connectivity index (χ4v) is 2.44. The molecular weight excluding hydrogens is 378 g/mol. The summed E-state index contributed by atoms with van der Waals surface area (Å²) >= 11 is 0. The van der Waals surface area contributed by atoms with Crippen LogP contribution in [0.4, 0.5) is 8.78 Å². The molecular formula is C18H22F2N2O6. The Morgan fingerprint density at radius 1 is 1.07 bits per heavy atom. The Morgan fingerprint density at radius 2 is 1.64 bits per heavy atom. The molecule has 0 radical (unpaired) electrons. The van der Waals surface area contributed by atoms with E-state index in [1.807, 2.05) is 0 Å². The van der Waals surface area contributed by atoms with Crippen molar-refractivity contribution in [1.82, 2.24) is 5.32 Å². The largest absolute Gasteiger partial charge is 0.466 e. The summed E-state index contributed by atoms with van der Waals surface area (Å²) in [5.41, 5.74) is 4.75. The molecule has 2 amide bonds. The summed E-state index contributed by atoms with van der Waals surface area (Å²) in [4.78, 5) is 47.9. The minimum atomic E-state index is -1.63. The summed E-state index contributed by atoms with van der Waals surface area (Å²) in [6.45, 7) is 3.05. The topological polar surface area (TPSA) is 125 Å². The summed E-state index contributed by atoms with van der Waals surface area (Å²) in [5.74, 6) is -7.18. The lowest BCUT2D eigenvalue weighted by atomic mass is 9.95. The summed E-state index contributed by atoms with van der Waals surface area (Å²) < 4.78 is 37.0. The van der Waals surface area contributed by atoms with E-state index >= 15 is 0 Å². The molecule has 0 fully saturated rings. The first-order chi connectivity index (χ1) is 13.2. The standard InChI is InChI=1S/C18H22F2N2O6/c1-3-27-15(24)9-11(18(26)28-4-2)16(17(21)25)22-14(23)8-10-12(19)6-5-7-13(10)20/h5-7,11,16H,3-4,8-9H2,1-2H3,(H2,21,25)(H,22,23)/t11-,16-/m1/s1. The molecule has 10 heteroatoms. The highest BCUT2D eigenvalue weighted by molar-refractivity contribution is 5.93. The van der Waals surface area contributed by atoms with Crippen LogP contribution in [0.25, 0.3) is 0 Å². The number of carbonyl (C=O) groups excluding carboxylic acids is 4. The predicted octanol–water partition coefficient (Wildman–Crippen LogP) is 0.610. The van der Waals surface area contributed by atoms with E-state index in [1.165, 1.54) is 6.92 Å². The quantitative estimate of drug-likeness (QED) is 0.555. The van der Waals surface area contributed by atoms with Crippen LogP contribution in [0.5, 0.6) is 0 Å². The molecule has 0 heterocycles. The molecule has 1 rings (SSSR count). The van der Waals surface area contributed by atoms with Gasteiger partial charge in [-0.05, 0) is 26.0 Å². The molecule has 0 aliphatic carbocycles. The third-order valence-electron chi connectivity index (χ3n) is 3.71. The van der Waals surface area contributed by atoms with Crippen LogP contribution >= 0.6 is 0 Å². The number of amides is 2. The molecule has 8 nitrogen and oxygen atoms in total. The number of nitrogens with one attached hydrogen (secondary N) is 1. The van der Waals surface area contributed by atoms with Crippen LogP contribution in [0.1, 0.15) is 25.8 Å². The van der Waals surface area contributed by atoms with Gasteiger partial charge in [-0.3, -0.25) is 19.2 Å². The normalized spacial score (nSPS) is 12.6. The molecule has 0 saturated carbocycles. The molecule has 0 spiro atoms. The van der Waals surface area contributed by atoms with Gasteiger partial charge in [-0.2, -0.15) is 0 Å². The van der Waals surface area contributed by atoms with Crippen LogP contribution in [-0.4, -0.2) is 43.0 Å². The first-order valence-corrected chi connectivity index (χ1v) is 8.55. The van der Waals surface area contributed by atoms with Crippen molar-refractivity contribution < 1.29 is 37.4 Å². The van der Waals surface area contributed by atoms with Crippen LogP contribution < -0.4 is 11.1 Å². The maximum absolute atomic E-state index is 13.7. The number of hydrogen-bond donors (Lipinski definition) is 2. The lowest BCUT2D eigenvalue weighted by Gasteiger charge is -2.23. The molecule has 154 valence electrons. The van der Waals surface area contributed by atoms with E-state index in [9.17, 15) is 28.0 Å². The highest BCUT2D eigenvalue weighted by Crippen LogP contribution is 2.16. The van der Waals surface area contributed by atoms with Crippen molar-refractivity contribution >= 4 is 23.8 Å².